The Kier molecular flexibility index (Phi) is 7.20. The van der Waals surface area contributed by atoms with Gasteiger partial charge in [-0.05, 0) is 44.0 Å². The zero-order chi connectivity index (χ0) is 22.3. The molecule has 0 aliphatic carbocycles. The van der Waals surface area contributed by atoms with E-state index in [0.29, 0.717) is 31.5 Å². The van der Waals surface area contributed by atoms with Crippen molar-refractivity contribution in [3.63, 3.8) is 0 Å². The van der Waals surface area contributed by atoms with Crippen molar-refractivity contribution in [3.05, 3.63) is 65.5 Å². The van der Waals surface area contributed by atoms with Crippen LogP contribution in [0.2, 0.25) is 0 Å². The van der Waals surface area contributed by atoms with E-state index in [1.165, 1.54) is 12.8 Å². The molecule has 1 aromatic heterocycles. The number of imidazole rings is 1. The quantitative estimate of drug-likeness (QED) is 0.611. The van der Waals surface area contributed by atoms with Gasteiger partial charge in [-0.1, -0.05) is 42.7 Å². The van der Waals surface area contributed by atoms with Crippen molar-refractivity contribution >= 4 is 22.8 Å². The van der Waals surface area contributed by atoms with Crippen LogP contribution in [0.5, 0.6) is 0 Å². The number of rotatable bonds is 7. The normalized spacial score (nSPS) is 14.3. The molecule has 6 nitrogen and oxygen atoms in total. The van der Waals surface area contributed by atoms with Gasteiger partial charge in [-0.2, -0.15) is 0 Å². The predicted octanol–water partition coefficient (Wildman–Crippen LogP) is 4.11. The zero-order valence-corrected chi connectivity index (χ0v) is 18.8. The van der Waals surface area contributed by atoms with Crippen LogP contribution in [0.3, 0.4) is 0 Å². The Morgan fingerprint density at radius 1 is 1.00 bits per heavy atom. The summed E-state index contributed by atoms with van der Waals surface area (Å²) in [5, 5.41) is 3.00. The summed E-state index contributed by atoms with van der Waals surface area (Å²) in [6.07, 6.45) is 5.73. The number of hydrogen-bond acceptors (Lipinski definition) is 3. The van der Waals surface area contributed by atoms with Gasteiger partial charge < -0.3 is 14.8 Å². The van der Waals surface area contributed by atoms with Crippen molar-refractivity contribution in [2.24, 2.45) is 0 Å². The van der Waals surface area contributed by atoms with Crippen LogP contribution in [0.4, 0.5) is 0 Å². The van der Waals surface area contributed by atoms with Crippen molar-refractivity contribution < 1.29 is 9.59 Å². The molecule has 2 amide bonds. The number of nitrogens with one attached hydrogen (secondary N) is 1. The maximum absolute atomic E-state index is 12.8. The minimum absolute atomic E-state index is 0.0762. The molecular formula is C26H32N4O2. The Morgan fingerprint density at radius 3 is 2.56 bits per heavy atom. The van der Waals surface area contributed by atoms with Gasteiger partial charge in [0.15, 0.2) is 0 Å². The molecular weight excluding hydrogens is 400 g/mol. The van der Waals surface area contributed by atoms with E-state index in [2.05, 4.69) is 9.88 Å². The lowest BCUT2D eigenvalue weighted by Gasteiger charge is -2.20. The minimum atomic E-state index is -0.0762. The highest BCUT2D eigenvalue weighted by molar-refractivity contribution is 5.94. The Labute approximate surface area is 189 Å². The Morgan fingerprint density at radius 2 is 1.78 bits per heavy atom. The van der Waals surface area contributed by atoms with E-state index in [0.717, 1.165) is 48.4 Å². The second kappa shape index (κ2) is 10.4. The summed E-state index contributed by atoms with van der Waals surface area (Å²) in [4.78, 5) is 32.1. The van der Waals surface area contributed by atoms with E-state index in [4.69, 9.17) is 4.98 Å². The lowest BCUT2D eigenvalue weighted by atomic mass is 10.1. The molecule has 0 spiro atoms. The predicted molar refractivity (Wildman–Crippen MR) is 127 cm³/mol. The molecule has 32 heavy (non-hydrogen) atoms. The number of carbonyl (C=O) groups is 2. The fraction of sp³-hybridized carbons (Fsp3) is 0.423. The highest BCUT2D eigenvalue weighted by Crippen LogP contribution is 2.18. The maximum Gasteiger partial charge on any atom is 0.251 e. The summed E-state index contributed by atoms with van der Waals surface area (Å²) in [6, 6.07) is 15.6. The molecule has 0 bridgehead atoms. The number of benzene rings is 2. The van der Waals surface area contributed by atoms with Crippen LogP contribution < -0.4 is 5.32 Å². The fourth-order valence-corrected chi connectivity index (χ4v) is 4.43. The van der Waals surface area contributed by atoms with E-state index in [1.807, 2.05) is 60.4 Å². The third-order valence-corrected chi connectivity index (χ3v) is 6.16. The van der Waals surface area contributed by atoms with Gasteiger partial charge in [-0.15, -0.1) is 0 Å². The molecule has 0 saturated carbocycles. The van der Waals surface area contributed by atoms with Gasteiger partial charge in [0.1, 0.15) is 5.82 Å². The van der Waals surface area contributed by atoms with Gasteiger partial charge in [-0.3, -0.25) is 9.59 Å². The van der Waals surface area contributed by atoms with Crippen molar-refractivity contribution in [3.8, 4) is 0 Å². The maximum atomic E-state index is 12.8. The summed E-state index contributed by atoms with van der Waals surface area (Å²) in [7, 11) is 0. The number of para-hydroxylation sites is 2. The average Bonchev–Trinajstić information content (AvgIpc) is 2.95. The first-order valence-electron chi connectivity index (χ1n) is 11.7. The summed E-state index contributed by atoms with van der Waals surface area (Å²) in [6.45, 7) is 4.84. The molecule has 1 aliphatic heterocycles. The standard InChI is InChI=1S/C26H32N4O2/c1-20-9-8-10-21(19-20)26(32)27-15-13-24-28-22-11-4-5-12-23(22)30(24)18-14-25(31)29-16-6-2-3-7-17-29/h4-5,8-12,19H,2-3,6-7,13-18H2,1H3,(H,27,32). The first kappa shape index (κ1) is 22.1. The highest BCUT2D eigenvalue weighted by Gasteiger charge is 2.17. The van der Waals surface area contributed by atoms with Crippen LogP contribution in [-0.4, -0.2) is 45.9 Å². The second-order valence-electron chi connectivity index (χ2n) is 8.59. The Balaban J connectivity index is 1.42. The molecule has 168 valence electrons. The number of amides is 2. The SMILES string of the molecule is Cc1cccc(C(=O)NCCc2nc3ccccc3n2CCC(=O)N2CCCCCC2)c1. The van der Waals surface area contributed by atoms with Gasteiger partial charge in [0, 0.05) is 44.6 Å². The van der Waals surface area contributed by atoms with Crippen molar-refractivity contribution in [1.29, 1.82) is 0 Å². The molecule has 0 unspecified atom stereocenters. The molecule has 2 aromatic carbocycles. The van der Waals surface area contributed by atoms with Gasteiger partial charge >= 0.3 is 0 Å². The monoisotopic (exact) mass is 432 g/mol. The molecule has 0 atom stereocenters. The summed E-state index contributed by atoms with van der Waals surface area (Å²) in [5.74, 6) is 1.05. The molecule has 2 heterocycles. The van der Waals surface area contributed by atoms with Gasteiger partial charge in [-0.25, -0.2) is 4.98 Å². The first-order chi connectivity index (χ1) is 15.6. The van der Waals surface area contributed by atoms with Crippen LogP contribution in [0.25, 0.3) is 11.0 Å². The number of nitrogens with zero attached hydrogens (tertiary/aromatic N) is 3. The molecule has 1 saturated heterocycles. The van der Waals surface area contributed by atoms with Crippen molar-refractivity contribution in [2.45, 2.75) is 52.0 Å². The molecule has 3 aromatic rings. The zero-order valence-electron chi connectivity index (χ0n) is 18.8. The van der Waals surface area contributed by atoms with Crippen LogP contribution in [-0.2, 0) is 17.8 Å². The highest BCUT2D eigenvalue weighted by atomic mass is 16.2. The van der Waals surface area contributed by atoms with Crippen LogP contribution in [0, 0.1) is 6.92 Å². The first-order valence-corrected chi connectivity index (χ1v) is 11.7. The average molecular weight is 433 g/mol. The number of likely N-dealkylation sites (tertiary alicyclic amines) is 1. The fourth-order valence-electron chi connectivity index (χ4n) is 4.43. The van der Waals surface area contributed by atoms with Crippen molar-refractivity contribution in [1.82, 2.24) is 19.8 Å². The molecule has 1 fully saturated rings. The molecule has 4 rings (SSSR count). The van der Waals surface area contributed by atoms with Gasteiger partial charge in [0.05, 0.1) is 11.0 Å². The lowest BCUT2D eigenvalue weighted by molar-refractivity contribution is -0.131. The molecule has 6 heteroatoms. The van der Waals surface area contributed by atoms with E-state index in [-0.39, 0.29) is 11.8 Å². The van der Waals surface area contributed by atoms with E-state index >= 15 is 0 Å². The van der Waals surface area contributed by atoms with E-state index < -0.39 is 0 Å². The number of carbonyl (C=O) groups excluding carboxylic acids is 2. The van der Waals surface area contributed by atoms with E-state index in [9.17, 15) is 9.59 Å². The van der Waals surface area contributed by atoms with Crippen LogP contribution in [0.15, 0.2) is 48.5 Å². The third-order valence-electron chi connectivity index (χ3n) is 6.16. The number of fused-ring (bicyclic) bond motifs is 1. The van der Waals surface area contributed by atoms with Gasteiger partial charge in [0.25, 0.3) is 5.91 Å². The topological polar surface area (TPSA) is 67.2 Å². The van der Waals surface area contributed by atoms with E-state index in [1.54, 1.807) is 0 Å². The number of aromatic nitrogens is 2. The molecule has 0 radical (unpaired) electrons. The van der Waals surface area contributed by atoms with Crippen molar-refractivity contribution in [2.75, 3.05) is 19.6 Å². The summed E-state index contributed by atoms with van der Waals surface area (Å²) in [5.41, 5.74) is 3.70. The Hall–Kier alpha value is -3.15. The third kappa shape index (κ3) is 5.36. The Bertz CT molecular complexity index is 1080. The second-order valence-corrected chi connectivity index (χ2v) is 8.59. The largest absolute Gasteiger partial charge is 0.352 e. The summed E-state index contributed by atoms with van der Waals surface area (Å²) < 4.78 is 2.14. The van der Waals surface area contributed by atoms with Crippen LogP contribution in [0.1, 0.15) is 53.8 Å². The number of aryl methyl sites for hydroxylation is 2. The number of hydrogen-bond donors (Lipinski definition) is 1. The summed E-state index contributed by atoms with van der Waals surface area (Å²) >= 11 is 0. The lowest BCUT2D eigenvalue weighted by Crippen LogP contribution is -2.32. The smallest absolute Gasteiger partial charge is 0.251 e. The van der Waals surface area contributed by atoms with Gasteiger partial charge in [0.2, 0.25) is 5.91 Å². The van der Waals surface area contributed by atoms with Crippen LogP contribution >= 0.6 is 0 Å². The molecule has 1 N–H and O–H groups in total. The molecule has 1 aliphatic rings. The minimum Gasteiger partial charge on any atom is -0.352 e.